The summed E-state index contributed by atoms with van der Waals surface area (Å²) in [6, 6.07) is 24.1. The third-order valence-corrected chi connectivity index (χ3v) is 8.32. The summed E-state index contributed by atoms with van der Waals surface area (Å²) in [5.41, 5.74) is 5.84. The van der Waals surface area contributed by atoms with Gasteiger partial charge in [0.15, 0.2) is 23.5 Å². The molecule has 9 rings (SSSR count). The molecule has 0 amide bonds. The minimum absolute atomic E-state index is 0.457. The Balaban J connectivity index is 1.67. The van der Waals surface area contributed by atoms with Crippen molar-refractivity contribution in [3.63, 3.8) is 0 Å². The molecule has 3 aromatic carbocycles. The Morgan fingerprint density at radius 3 is 2.65 bits per heavy atom. The average molecular weight is 414 g/mol. The Hall–Kier alpha value is -3.76. The van der Waals surface area contributed by atoms with Crippen LogP contribution in [0.3, 0.4) is 0 Å². The van der Waals surface area contributed by atoms with Crippen LogP contribution in [0, 0.1) is 0 Å². The molecule has 3 nitrogen and oxygen atoms in total. The molecule has 0 radical (unpaired) electrons. The van der Waals surface area contributed by atoms with Crippen molar-refractivity contribution in [1.29, 1.82) is 0 Å². The molecule has 0 N–H and O–H groups in total. The van der Waals surface area contributed by atoms with Gasteiger partial charge in [-0.15, -0.1) is 20.5 Å². The molecule has 31 heavy (non-hydrogen) atoms. The molecule has 3 aromatic heterocycles. The fourth-order valence-corrected chi connectivity index (χ4v) is 7.35. The van der Waals surface area contributed by atoms with E-state index in [2.05, 4.69) is 93.6 Å². The average Bonchev–Trinajstić information content (AvgIpc) is 3.50. The van der Waals surface area contributed by atoms with Crippen LogP contribution in [0.4, 0.5) is 0 Å². The van der Waals surface area contributed by atoms with Crippen LogP contribution in [-0.4, -0.2) is 0 Å². The maximum Gasteiger partial charge on any atom is 0.425 e. The topological polar surface area (TPSA) is 17.0 Å². The van der Waals surface area contributed by atoms with E-state index in [1.165, 1.54) is 54.1 Å². The Morgan fingerprint density at radius 2 is 1.65 bits per heavy atom. The monoisotopic (exact) mass is 414 g/mol. The number of aromatic nitrogens is 2. The molecule has 1 spiro atoms. The van der Waals surface area contributed by atoms with Gasteiger partial charge in [0, 0.05) is 33.7 Å². The highest BCUT2D eigenvalue weighted by Gasteiger charge is 2.70. The van der Waals surface area contributed by atoms with Gasteiger partial charge in [0.25, 0.3) is 0 Å². The van der Waals surface area contributed by atoms with Crippen molar-refractivity contribution in [1.82, 2.24) is 0 Å². The molecule has 4 heteroatoms. The second-order valence-electron chi connectivity index (χ2n) is 8.57. The van der Waals surface area contributed by atoms with Crippen molar-refractivity contribution < 1.29 is 13.9 Å². The lowest BCUT2D eigenvalue weighted by Gasteiger charge is -2.25. The SMILES string of the molecule is c1cc2c3c(c1)-c1cccc[n+]1C31c3c(ccc4c5sccc5c5ccc[n+]1c5c34)O2. The smallest absolute Gasteiger partial charge is 0.425 e. The first kappa shape index (κ1) is 15.1. The highest BCUT2D eigenvalue weighted by molar-refractivity contribution is 7.18. The molecular formula is C27H14N2OS+2. The Morgan fingerprint density at radius 1 is 0.710 bits per heavy atom. The lowest BCUT2D eigenvalue weighted by atomic mass is 9.86. The van der Waals surface area contributed by atoms with Gasteiger partial charge in [0.05, 0.1) is 16.3 Å². The molecule has 142 valence electrons. The molecule has 1 atom stereocenters. The van der Waals surface area contributed by atoms with Crippen molar-refractivity contribution in [2.45, 2.75) is 5.66 Å². The molecule has 3 aliphatic heterocycles. The highest BCUT2D eigenvalue weighted by atomic mass is 32.1. The summed E-state index contributed by atoms with van der Waals surface area (Å²) in [6.45, 7) is 0. The Kier molecular flexibility index (Phi) is 2.24. The number of thiophene rings is 1. The van der Waals surface area contributed by atoms with Gasteiger partial charge in [-0.3, -0.25) is 0 Å². The summed E-state index contributed by atoms with van der Waals surface area (Å²) in [5, 5.41) is 7.51. The van der Waals surface area contributed by atoms with Crippen molar-refractivity contribution >= 4 is 43.1 Å². The summed E-state index contributed by atoms with van der Waals surface area (Å²) in [7, 11) is 0. The molecule has 3 aliphatic rings. The molecule has 0 bridgehead atoms. The maximum absolute atomic E-state index is 6.58. The summed E-state index contributed by atoms with van der Waals surface area (Å²) >= 11 is 1.83. The van der Waals surface area contributed by atoms with Crippen LogP contribution in [0.5, 0.6) is 11.5 Å². The maximum atomic E-state index is 6.58. The largest absolute Gasteiger partial charge is 0.456 e. The van der Waals surface area contributed by atoms with Gasteiger partial charge in [-0.2, -0.15) is 0 Å². The predicted octanol–water partition coefficient (Wildman–Crippen LogP) is 5.48. The minimum Gasteiger partial charge on any atom is -0.456 e. The standard InChI is InChI=1S/C27H14N2OS/c1-2-12-28-19(7-1)17-5-3-8-20-23(17)27(28)24-21(30-20)10-9-18-22(24)25-15(6-4-13-29(25)27)16-11-14-31-26(16)18/h1-14H/q+2. The number of benzene rings is 3. The van der Waals surface area contributed by atoms with Crippen LogP contribution < -0.4 is 13.9 Å². The predicted molar refractivity (Wildman–Crippen MR) is 121 cm³/mol. The van der Waals surface area contributed by atoms with Crippen LogP contribution in [0.2, 0.25) is 0 Å². The van der Waals surface area contributed by atoms with Crippen LogP contribution in [0.15, 0.2) is 84.5 Å². The van der Waals surface area contributed by atoms with Crippen molar-refractivity contribution in [2.75, 3.05) is 0 Å². The number of hydrogen-bond acceptors (Lipinski definition) is 2. The van der Waals surface area contributed by atoms with Crippen molar-refractivity contribution in [3.8, 4) is 22.8 Å². The second-order valence-corrected chi connectivity index (χ2v) is 9.49. The van der Waals surface area contributed by atoms with Crippen molar-refractivity contribution in [3.05, 3.63) is 95.6 Å². The fourth-order valence-electron chi connectivity index (χ4n) is 6.41. The molecule has 6 aromatic rings. The molecule has 6 heterocycles. The van der Waals surface area contributed by atoms with Crippen LogP contribution in [0.25, 0.3) is 43.0 Å². The zero-order chi connectivity index (χ0) is 19.9. The molecule has 0 aliphatic carbocycles. The van der Waals surface area contributed by atoms with E-state index in [0.29, 0.717) is 0 Å². The van der Waals surface area contributed by atoms with Gasteiger partial charge >= 0.3 is 5.66 Å². The molecule has 0 fully saturated rings. The van der Waals surface area contributed by atoms with Crippen molar-refractivity contribution in [2.24, 2.45) is 0 Å². The fraction of sp³-hybridized carbons (Fsp3) is 0.0370. The lowest BCUT2D eigenvalue weighted by Crippen LogP contribution is -2.71. The number of pyridine rings is 2. The zero-order valence-corrected chi connectivity index (χ0v) is 17.1. The Bertz CT molecular complexity index is 1830. The van der Waals surface area contributed by atoms with Gasteiger partial charge in [-0.25, -0.2) is 0 Å². The zero-order valence-electron chi connectivity index (χ0n) is 16.3. The van der Waals surface area contributed by atoms with Crippen LogP contribution in [-0.2, 0) is 5.66 Å². The first-order valence-corrected chi connectivity index (χ1v) is 11.4. The number of ether oxygens (including phenoxy) is 1. The molecule has 1 unspecified atom stereocenters. The third kappa shape index (κ3) is 1.37. The van der Waals surface area contributed by atoms with E-state index in [9.17, 15) is 0 Å². The summed E-state index contributed by atoms with van der Waals surface area (Å²) in [4.78, 5) is 0. The molecular weight excluding hydrogens is 400 g/mol. The summed E-state index contributed by atoms with van der Waals surface area (Å²) < 4.78 is 12.9. The first-order chi connectivity index (χ1) is 15.4. The van der Waals surface area contributed by atoms with E-state index in [4.69, 9.17) is 4.74 Å². The number of rotatable bonds is 0. The molecule has 0 saturated heterocycles. The van der Waals surface area contributed by atoms with E-state index in [0.717, 1.165) is 11.5 Å². The second kappa shape index (κ2) is 4.61. The van der Waals surface area contributed by atoms with Gasteiger partial charge in [0.2, 0.25) is 11.2 Å². The number of fused-ring (bicyclic) bond motifs is 5. The quantitative estimate of drug-likeness (QED) is 0.237. The van der Waals surface area contributed by atoms with Crippen LogP contribution in [0.1, 0.15) is 11.1 Å². The van der Waals surface area contributed by atoms with E-state index >= 15 is 0 Å². The van der Waals surface area contributed by atoms with E-state index in [1.807, 2.05) is 11.3 Å². The highest BCUT2D eigenvalue weighted by Crippen LogP contribution is 2.57. The lowest BCUT2D eigenvalue weighted by molar-refractivity contribution is -0.950. The van der Waals surface area contributed by atoms with E-state index in [-0.39, 0.29) is 0 Å². The summed E-state index contributed by atoms with van der Waals surface area (Å²) in [6.07, 6.45) is 4.48. The first-order valence-electron chi connectivity index (χ1n) is 10.5. The Labute approximate surface area is 181 Å². The number of nitrogens with zero attached hydrogens (tertiary/aromatic N) is 2. The van der Waals surface area contributed by atoms with Gasteiger partial charge in [0.1, 0.15) is 11.5 Å². The van der Waals surface area contributed by atoms with E-state index in [1.54, 1.807) is 0 Å². The molecule has 0 saturated carbocycles. The minimum atomic E-state index is -0.457. The van der Waals surface area contributed by atoms with Gasteiger partial charge in [-0.1, -0.05) is 6.07 Å². The van der Waals surface area contributed by atoms with Crippen LogP contribution >= 0.6 is 11.3 Å². The van der Waals surface area contributed by atoms with Gasteiger partial charge < -0.3 is 4.74 Å². The third-order valence-electron chi connectivity index (χ3n) is 7.37. The van der Waals surface area contributed by atoms with E-state index < -0.39 is 5.66 Å². The van der Waals surface area contributed by atoms with Gasteiger partial charge in [-0.05, 0) is 47.8 Å². The summed E-state index contributed by atoms with van der Waals surface area (Å²) in [5.74, 6) is 1.91. The number of hydrogen-bond donors (Lipinski definition) is 0. The normalized spacial score (nSPS) is 18.7.